The van der Waals surface area contributed by atoms with Gasteiger partial charge in [-0.1, -0.05) is 30.4 Å². The molecule has 1 heterocycles. The van der Waals surface area contributed by atoms with Crippen LogP contribution in [0.25, 0.3) is 16.7 Å². The molecule has 1 amide bonds. The maximum Gasteiger partial charge on any atom is 0.248 e. The highest BCUT2D eigenvalue weighted by atomic mass is 16.1. The van der Waals surface area contributed by atoms with Crippen LogP contribution in [0.3, 0.4) is 0 Å². The predicted octanol–water partition coefficient (Wildman–Crippen LogP) is 4.10. The first-order valence-electron chi connectivity index (χ1n) is 7.41. The number of para-hydroxylation sites is 2. The summed E-state index contributed by atoms with van der Waals surface area (Å²) in [6.07, 6.45) is 8.69. The maximum absolute atomic E-state index is 11.7. The van der Waals surface area contributed by atoms with Gasteiger partial charge in [-0.2, -0.15) is 0 Å². The van der Waals surface area contributed by atoms with Crippen molar-refractivity contribution in [2.24, 2.45) is 0 Å². The Labute approximate surface area is 134 Å². The van der Waals surface area contributed by atoms with Crippen molar-refractivity contribution in [2.75, 3.05) is 5.32 Å². The lowest BCUT2D eigenvalue weighted by Crippen LogP contribution is -2.07. The molecule has 0 spiro atoms. The molecule has 3 rings (SSSR count). The monoisotopic (exact) mass is 303 g/mol. The van der Waals surface area contributed by atoms with Crippen molar-refractivity contribution >= 4 is 22.6 Å². The highest BCUT2D eigenvalue weighted by molar-refractivity contribution is 5.99. The topological polar surface area (TPSA) is 46.9 Å². The van der Waals surface area contributed by atoms with Crippen LogP contribution < -0.4 is 5.32 Å². The molecule has 0 unspecified atom stereocenters. The molecule has 0 fully saturated rings. The molecule has 4 heteroatoms. The molecular weight excluding hydrogens is 286 g/mol. The van der Waals surface area contributed by atoms with E-state index in [1.165, 1.54) is 6.08 Å². The Kier molecular flexibility index (Phi) is 4.34. The number of carbonyl (C=O) groups excluding carboxylic acids is 1. The van der Waals surface area contributed by atoms with Gasteiger partial charge in [-0.05, 0) is 43.3 Å². The lowest BCUT2D eigenvalue weighted by Gasteiger charge is -2.06. The molecule has 0 aliphatic carbocycles. The number of anilines is 1. The molecular formula is C19H17N3O. The van der Waals surface area contributed by atoms with E-state index < -0.39 is 0 Å². The summed E-state index contributed by atoms with van der Waals surface area (Å²) in [5.41, 5.74) is 3.77. The van der Waals surface area contributed by atoms with E-state index in [2.05, 4.69) is 10.3 Å². The molecule has 0 atom stereocenters. The minimum Gasteiger partial charge on any atom is -0.323 e. The van der Waals surface area contributed by atoms with Crippen LogP contribution in [-0.2, 0) is 4.79 Å². The van der Waals surface area contributed by atoms with Crippen molar-refractivity contribution in [1.29, 1.82) is 0 Å². The van der Waals surface area contributed by atoms with Crippen LogP contribution in [0.4, 0.5) is 5.69 Å². The van der Waals surface area contributed by atoms with Crippen molar-refractivity contribution in [3.63, 3.8) is 0 Å². The molecule has 114 valence electrons. The van der Waals surface area contributed by atoms with E-state index in [9.17, 15) is 4.79 Å². The van der Waals surface area contributed by atoms with Gasteiger partial charge in [0.1, 0.15) is 6.33 Å². The van der Waals surface area contributed by atoms with Crippen molar-refractivity contribution in [3.8, 4) is 5.69 Å². The Morgan fingerprint density at radius 1 is 1.09 bits per heavy atom. The highest BCUT2D eigenvalue weighted by Gasteiger charge is 2.04. The number of imidazole rings is 1. The number of aromatic nitrogens is 2. The molecule has 1 N–H and O–H groups in total. The van der Waals surface area contributed by atoms with Gasteiger partial charge in [-0.15, -0.1) is 0 Å². The summed E-state index contributed by atoms with van der Waals surface area (Å²) in [6, 6.07) is 15.7. The zero-order valence-corrected chi connectivity index (χ0v) is 12.8. The fourth-order valence-electron chi connectivity index (χ4n) is 2.31. The number of nitrogens with one attached hydrogen (secondary N) is 1. The first kappa shape index (κ1) is 14.8. The van der Waals surface area contributed by atoms with E-state index in [0.29, 0.717) is 0 Å². The predicted molar refractivity (Wildman–Crippen MR) is 93.7 cm³/mol. The van der Waals surface area contributed by atoms with Crippen molar-refractivity contribution in [3.05, 3.63) is 79.2 Å². The number of amides is 1. The first-order chi connectivity index (χ1) is 11.3. The first-order valence-corrected chi connectivity index (χ1v) is 7.41. The minimum atomic E-state index is -0.149. The number of fused-ring (bicyclic) bond motifs is 1. The summed E-state index contributed by atoms with van der Waals surface area (Å²) in [7, 11) is 0. The summed E-state index contributed by atoms with van der Waals surface area (Å²) in [4.78, 5) is 16.1. The summed E-state index contributed by atoms with van der Waals surface area (Å²) in [5.74, 6) is -0.149. The van der Waals surface area contributed by atoms with E-state index in [1.54, 1.807) is 12.4 Å². The Hall–Kier alpha value is -3.14. The SMILES string of the molecule is C/C=C/C=C/C(=O)Nc1ccc(-n2cnc3ccccc32)cc1. The fraction of sp³-hybridized carbons (Fsp3) is 0.0526. The van der Waals surface area contributed by atoms with Crippen molar-refractivity contribution in [1.82, 2.24) is 9.55 Å². The molecule has 0 aliphatic rings. The van der Waals surface area contributed by atoms with Gasteiger partial charge in [0.15, 0.2) is 0 Å². The summed E-state index contributed by atoms with van der Waals surface area (Å²) >= 11 is 0. The van der Waals surface area contributed by atoms with Gasteiger partial charge in [-0.3, -0.25) is 9.36 Å². The molecule has 23 heavy (non-hydrogen) atoms. The summed E-state index contributed by atoms with van der Waals surface area (Å²) < 4.78 is 2.02. The zero-order valence-electron chi connectivity index (χ0n) is 12.8. The van der Waals surface area contributed by atoms with Gasteiger partial charge in [0.2, 0.25) is 5.91 Å². The number of hydrogen-bond donors (Lipinski definition) is 1. The standard InChI is InChI=1S/C19H17N3O/c1-2-3-4-9-19(23)21-15-10-12-16(13-11-15)22-14-20-17-7-5-6-8-18(17)22/h2-14H,1H3,(H,21,23)/b3-2+,9-4+. The molecule has 0 bridgehead atoms. The van der Waals surface area contributed by atoms with Crippen LogP contribution >= 0.6 is 0 Å². The van der Waals surface area contributed by atoms with Crippen LogP contribution in [-0.4, -0.2) is 15.5 Å². The lowest BCUT2D eigenvalue weighted by molar-refractivity contribution is -0.111. The number of carbonyl (C=O) groups is 1. The van der Waals surface area contributed by atoms with Gasteiger partial charge >= 0.3 is 0 Å². The van der Waals surface area contributed by atoms with Crippen LogP contribution in [0.5, 0.6) is 0 Å². The molecule has 2 aromatic carbocycles. The Morgan fingerprint density at radius 3 is 2.65 bits per heavy atom. The largest absolute Gasteiger partial charge is 0.323 e. The number of benzene rings is 2. The van der Waals surface area contributed by atoms with E-state index in [1.807, 2.05) is 72.2 Å². The molecule has 1 aromatic heterocycles. The Balaban J connectivity index is 1.78. The Bertz CT molecular complexity index is 873. The van der Waals surface area contributed by atoms with Gasteiger partial charge in [0.05, 0.1) is 11.0 Å². The maximum atomic E-state index is 11.7. The highest BCUT2D eigenvalue weighted by Crippen LogP contribution is 2.19. The smallest absolute Gasteiger partial charge is 0.248 e. The second-order valence-corrected chi connectivity index (χ2v) is 5.02. The average molecular weight is 303 g/mol. The number of nitrogens with zero attached hydrogens (tertiary/aromatic N) is 2. The molecule has 4 nitrogen and oxygen atoms in total. The fourth-order valence-corrected chi connectivity index (χ4v) is 2.31. The molecule has 0 aliphatic heterocycles. The van der Waals surface area contributed by atoms with Gasteiger partial charge < -0.3 is 5.32 Å². The quantitative estimate of drug-likeness (QED) is 0.583. The van der Waals surface area contributed by atoms with E-state index in [-0.39, 0.29) is 5.91 Å². The summed E-state index contributed by atoms with van der Waals surface area (Å²) in [5, 5.41) is 2.83. The third-order valence-corrected chi connectivity index (χ3v) is 3.42. The minimum absolute atomic E-state index is 0.149. The number of hydrogen-bond acceptors (Lipinski definition) is 2. The average Bonchev–Trinajstić information content (AvgIpc) is 3.00. The van der Waals surface area contributed by atoms with Crippen molar-refractivity contribution < 1.29 is 4.79 Å². The van der Waals surface area contributed by atoms with Crippen LogP contribution in [0.1, 0.15) is 6.92 Å². The van der Waals surface area contributed by atoms with Crippen LogP contribution in [0, 0.1) is 0 Å². The van der Waals surface area contributed by atoms with Crippen LogP contribution in [0.15, 0.2) is 79.2 Å². The van der Waals surface area contributed by atoms with Crippen LogP contribution in [0.2, 0.25) is 0 Å². The Morgan fingerprint density at radius 2 is 1.87 bits per heavy atom. The van der Waals surface area contributed by atoms with Crippen molar-refractivity contribution in [2.45, 2.75) is 6.92 Å². The van der Waals surface area contributed by atoms with Gasteiger partial charge in [0.25, 0.3) is 0 Å². The normalized spacial score (nSPS) is 11.5. The molecule has 3 aromatic rings. The van der Waals surface area contributed by atoms with Gasteiger partial charge in [0, 0.05) is 17.5 Å². The lowest BCUT2D eigenvalue weighted by atomic mass is 10.2. The third kappa shape index (κ3) is 3.37. The third-order valence-electron chi connectivity index (χ3n) is 3.42. The van der Waals surface area contributed by atoms with E-state index in [0.717, 1.165) is 22.4 Å². The van der Waals surface area contributed by atoms with E-state index in [4.69, 9.17) is 0 Å². The summed E-state index contributed by atoms with van der Waals surface area (Å²) in [6.45, 7) is 1.90. The number of allylic oxidation sites excluding steroid dienone is 3. The second kappa shape index (κ2) is 6.75. The number of rotatable bonds is 4. The molecule has 0 saturated carbocycles. The molecule has 0 radical (unpaired) electrons. The second-order valence-electron chi connectivity index (χ2n) is 5.02. The molecule has 0 saturated heterocycles. The zero-order chi connectivity index (χ0) is 16.1. The van der Waals surface area contributed by atoms with Gasteiger partial charge in [-0.25, -0.2) is 4.98 Å². The van der Waals surface area contributed by atoms with E-state index >= 15 is 0 Å².